The molecule has 2 aromatic rings. The third-order valence-corrected chi connectivity index (χ3v) is 5.34. The van der Waals surface area contributed by atoms with Crippen molar-refractivity contribution in [3.05, 3.63) is 46.5 Å². The maximum atomic E-state index is 5.81. The summed E-state index contributed by atoms with van der Waals surface area (Å²) in [6.45, 7) is 9.26. The molecule has 0 bridgehead atoms. The summed E-state index contributed by atoms with van der Waals surface area (Å²) in [4.78, 5) is 2.53. The molecule has 0 radical (unpaired) electrons. The van der Waals surface area contributed by atoms with E-state index in [4.69, 9.17) is 4.74 Å². The largest absolute Gasteiger partial charge is 0.370 e. The van der Waals surface area contributed by atoms with Crippen LogP contribution in [-0.2, 0) is 24.2 Å². The zero-order valence-corrected chi connectivity index (χ0v) is 14.7. The van der Waals surface area contributed by atoms with Crippen LogP contribution in [0.4, 0.5) is 0 Å². The molecule has 2 aliphatic rings. The van der Waals surface area contributed by atoms with Gasteiger partial charge < -0.3 is 9.30 Å². The van der Waals surface area contributed by atoms with Crippen molar-refractivity contribution in [2.45, 2.75) is 52.3 Å². The Hall–Kier alpha value is -1.72. The maximum Gasteiger partial charge on any atom is 0.162 e. The average Bonchev–Trinajstić information content (AvgIpc) is 3.19. The van der Waals surface area contributed by atoms with Crippen LogP contribution in [0.1, 0.15) is 47.3 Å². The molecule has 2 aliphatic heterocycles. The Balaban J connectivity index is 1.45. The fourth-order valence-corrected chi connectivity index (χ4v) is 3.73. The lowest BCUT2D eigenvalue weighted by Crippen LogP contribution is -2.27. The van der Waals surface area contributed by atoms with Crippen molar-refractivity contribution in [2.75, 3.05) is 19.7 Å². The predicted octanol–water partition coefficient (Wildman–Crippen LogP) is 2.80. The molecule has 1 atom stereocenters. The second-order valence-corrected chi connectivity index (χ2v) is 7.07. The molecule has 4 rings (SSSR count). The minimum Gasteiger partial charge on any atom is -0.370 e. The van der Waals surface area contributed by atoms with Gasteiger partial charge >= 0.3 is 0 Å². The molecule has 24 heavy (non-hydrogen) atoms. The zero-order chi connectivity index (χ0) is 16.5. The van der Waals surface area contributed by atoms with Crippen molar-refractivity contribution >= 4 is 0 Å². The molecule has 0 saturated carbocycles. The number of rotatable bonds is 3. The van der Waals surface area contributed by atoms with E-state index >= 15 is 0 Å². The Labute approximate surface area is 143 Å². The van der Waals surface area contributed by atoms with E-state index in [9.17, 15) is 0 Å². The molecular formula is C19H26N4O. The molecule has 1 aromatic carbocycles. The maximum absolute atomic E-state index is 5.81. The number of fused-ring (bicyclic) bond motifs is 1. The molecule has 1 aromatic heterocycles. The quantitative estimate of drug-likeness (QED) is 0.870. The van der Waals surface area contributed by atoms with Gasteiger partial charge in [-0.15, -0.1) is 10.2 Å². The highest BCUT2D eigenvalue weighted by Crippen LogP contribution is 2.28. The van der Waals surface area contributed by atoms with Crippen molar-refractivity contribution in [3.8, 4) is 0 Å². The van der Waals surface area contributed by atoms with Gasteiger partial charge in [-0.05, 0) is 43.4 Å². The Bertz CT molecular complexity index is 718. The summed E-state index contributed by atoms with van der Waals surface area (Å²) in [5.41, 5.74) is 4.14. The van der Waals surface area contributed by atoms with Crippen LogP contribution >= 0.6 is 0 Å². The molecule has 0 spiro atoms. The minimum atomic E-state index is 0.151. The van der Waals surface area contributed by atoms with Crippen LogP contribution < -0.4 is 0 Å². The van der Waals surface area contributed by atoms with Crippen molar-refractivity contribution < 1.29 is 4.74 Å². The van der Waals surface area contributed by atoms with Gasteiger partial charge in [0.25, 0.3) is 0 Å². The normalized spacial score (nSPS) is 21.7. The van der Waals surface area contributed by atoms with E-state index in [0.717, 1.165) is 63.7 Å². The molecule has 5 heteroatoms. The molecule has 3 heterocycles. The van der Waals surface area contributed by atoms with Gasteiger partial charge in [-0.25, -0.2) is 0 Å². The smallest absolute Gasteiger partial charge is 0.162 e. The van der Waals surface area contributed by atoms with Crippen LogP contribution in [0.3, 0.4) is 0 Å². The number of aryl methyl sites for hydroxylation is 2. The molecule has 0 amide bonds. The van der Waals surface area contributed by atoms with Gasteiger partial charge in [-0.3, -0.25) is 4.90 Å². The molecular weight excluding hydrogens is 300 g/mol. The number of hydrogen-bond donors (Lipinski definition) is 0. The summed E-state index contributed by atoms with van der Waals surface area (Å²) in [6.07, 6.45) is 3.32. The van der Waals surface area contributed by atoms with Crippen molar-refractivity contribution in [1.82, 2.24) is 19.7 Å². The summed E-state index contributed by atoms with van der Waals surface area (Å²) in [5, 5.41) is 8.86. The van der Waals surface area contributed by atoms with Crippen LogP contribution in [0, 0.1) is 13.8 Å². The van der Waals surface area contributed by atoms with Crippen LogP contribution in [0.25, 0.3) is 0 Å². The zero-order valence-electron chi connectivity index (χ0n) is 14.7. The van der Waals surface area contributed by atoms with E-state index in [0.29, 0.717) is 0 Å². The summed E-state index contributed by atoms with van der Waals surface area (Å²) in [5.74, 6) is 2.15. The van der Waals surface area contributed by atoms with Gasteiger partial charge in [0.15, 0.2) is 5.82 Å². The number of hydrogen-bond acceptors (Lipinski definition) is 4. The van der Waals surface area contributed by atoms with E-state index in [1.165, 1.54) is 16.7 Å². The minimum absolute atomic E-state index is 0.151. The summed E-state index contributed by atoms with van der Waals surface area (Å²) < 4.78 is 8.12. The lowest BCUT2D eigenvalue weighted by atomic mass is 10.1. The standard InChI is InChI=1S/C19H26N4O/c1-14-5-6-16(12-15(14)2)13-22-8-7-18-20-21-19(23(18)10-9-22)17-4-3-11-24-17/h5-6,12,17H,3-4,7-11,13H2,1-2H3. The summed E-state index contributed by atoms with van der Waals surface area (Å²) >= 11 is 0. The number of benzene rings is 1. The first kappa shape index (κ1) is 15.8. The first-order valence-electron chi connectivity index (χ1n) is 9.03. The molecule has 1 saturated heterocycles. The van der Waals surface area contributed by atoms with Gasteiger partial charge in [0, 0.05) is 39.2 Å². The van der Waals surface area contributed by atoms with Gasteiger partial charge in [0.2, 0.25) is 0 Å². The summed E-state index contributed by atoms with van der Waals surface area (Å²) in [7, 11) is 0. The molecule has 128 valence electrons. The van der Waals surface area contributed by atoms with Gasteiger partial charge in [0.1, 0.15) is 11.9 Å². The first-order chi connectivity index (χ1) is 11.7. The highest BCUT2D eigenvalue weighted by Gasteiger charge is 2.26. The lowest BCUT2D eigenvalue weighted by molar-refractivity contribution is 0.101. The van der Waals surface area contributed by atoms with Crippen molar-refractivity contribution in [3.63, 3.8) is 0 Å². The predicted molar refractivity (Wildman–Crippen MR) is 92.8 cm³/mol. The topological polar surface area (TPSA) is 43.2 Å². The number of ether oxygens (including phenoxy) is 1. The van der Waals surface area contributed by atoms with E-state index in [1.807, 2.05) is 0 Å². The average molecular weight is 326 g/mol. The Morgan fingerprint density at radius 2 is 2.04 bits per heavy atom. The van der Waals surface area contributed by atoms with Crippen LogP contribution in [-0.4, -0.2) is 39.4 Å². The lowest BCUT2D eigenvalue weighted by Gasteiger charge is -2.20. The summed E-state index contributed by atoms with van der Waals surface area (Å²) in [6, 6.07) is 6.80. The second-order valence-electron chi connectivity index (χ2n) is 7.07. The van der Waals surface area contributed by atoms with Crippen molar-refractivity contribution in [2.24, 2.45) is 0 Å². The SMILES string of the molecule is Cc1ccc(CN2CCc3nnc(C4CCCO4)n3CC2)cc1C. The van der Waals surface area contributed by atoms with Gasteiger partial charge in [0.05, 0.1) is 0 Å². The number of nitrogens with zero attached hydrogens (tertiary/aromatic N) is 4. The van der Waals surface area contributed by atoms with Crippen LogP contribution in [0.2, 0.25) is 0 Å². The molecule has 0 aliphatic carbocycles. The fraction of sp³-hybridized carbons (Fsp3) is 0.579. The highest BCUT2D eigenvalue weighted by atomic mass is 16.5. The van der Waals surface area contributed by atoms with Crippen LogP contribution in [0.5, 0.6) is 0 Å². The van der Waals surface area contributed by atoms with Gasteiger partial charge in [-0.2, -0.15) is 0 Å². The Morgan fingerprint density at radius 1 is 1.12 bits per heavy atom. The Kier molecular flexibility index (Phi) is 4.37. The molecule has 1 unspecified atom stereocenters. The fourth-order valence-electron chi connectivity index (χ4n) is 3.73. The van der Waals surface area contributed by atoms with Gasteiger partial charge in [-0.1, -0.05) is 18.2 Å². The third kappa shape index (κ3) is 3.10. The molecule has 1 fully saturated rings. The molecule has 0 N–H and O–H groups in total. The van der Waals surface area contributed by atoms with E-state index in [-0.39, 0.29) is 6.10 Å². The van der Waals surface area contributed by atoms with E-state index in [2.05, 4.69) is 51.7 Å². The first-order valence-corrected chi connectivity index (χ1v) is 9.03. The highest BCUT2D eigenvalue weighted by molar-refractivity contribution is 5.29. The molecule has 5 nitrogen and oxygen atoms in total. The monoisotopic (exact) mass is 326 g/mol. The van der Waals surface area contributed by atoms with Crippen molar-refractivity contribution in [1.29, 1.82) is 0 Å². The second kappa shape index (κ2) is 6.65. The van der Waals surface area contributed by atoms with E-state index in [1.54, 1.807) is 0 Å². The number of aromatic nitrogens is 3. The van der Waals surface area contributed by atoms with Crippen LogP contribution in [0.15, 0.2) is 18.2 Å². The Morgan fingerprint density at radius 3 is 2.83 bits per heavy atom. The third-order valence-electron chi connectivity index (χ3n) is 5.34. The van der Waals surface area contributed by atoms with E-state index < -0.39 is 0 Å².